The molecule has 0 aliphatic carbocycles. The van der Waals surface area contributed by atoms with Crippen molar-refractivity contribution in [3.8, 4) is 0 Å². The predicted octanol–water partition coefficient (Wildman–Crippen LogP) is 3.81. The number of urea groups is 1. The second-order valence-corrected chi connectivity index (χ2v) is 6.19. The van der Waals surface area contributed by atoms with E-state index in [-0.39, 0.29) is 6.03 Å². The number of thiazole rings is 1. The van der Waals surface area contributed by atoms with E-state index < -0.39 is 0 Å². The van der Waals surface area contributed by atoms with Gasteiger partial charge in [-0.05, 0) is 38.7 Å². The summed E-state index contributed by atoms with van der Waals surface area (Å²) >= 11 is 7.42. The minimum Gasteiger partial charge on any atom is -0.308 e. The number of aromatic nitrogens is 1. The van der Waals surface area contributed by atoms with E-state index in [9.17, 15) is 4.79 Å². The highest BCUT2D eigenvalue weighted by atomic mass is 35.5. The van der Waals surface area contributed by atoms with Crippen LogP contribution in [0.25, 0.3) is 0 Å². The van der Waals surface area contributed by atoms with E-state index in [2.05, 4.69) is 15.6 Å². The van der Waals surface area contributed by atoms with Crippen molar-refractivity contribution in [3.05, 3.63) is 39.9 Å². The van der Waals surface area contributed by atoms with Crippen LogP contribution in [-0.4, -0.2) is 30.0 Å². The van der Waals surface area contributed by atoms with Gasteiger partial charge in [0.1, 0.15) is 0 Å². The van der Waals surface area contributed by atoms with Crippen molar-refractivity contribution in [2.24, 2.45) is 0 Å². The van der Waals surface area contributed by atoms with Crippen LogP contribution < -0.4 is 10.6 Å². The van der Waals surface area contributed by atoms with Crippen LogP contribution in [0.5, 0.6) is 0 Å². The lowest BCUT2D eigenvalue weighted by atomic mass is 10.2. The molecule has 1 aromatic heterocycles. The first-order valence-electron chi connectivity index (χ1n) is 6.37. The summed E-state index contributed by atoms with van der Waals surface area (Å²) in [6.07, 6.45) is 0. The van der Waals surface area contributed by atoms with Crippen LogP contribution >= 0.6 is 22.9 Å². The summed E-state index contributed by atoms with van der Waals surface area (Å²) in [5.41, 5.74) is 2.54. The molecule has 1 heterocycles. The van der Waals surface area contributed by atoms with Gasteiger partial charge in [0.25, 0.3) is 0 Å². The molecular weight excluding hydrogens is 308 g/mol. The Morgan fingerprint density at radius 2 is 2.14 bits per heavy atom. The molecule has 1 aromatic carbocycles. The van der Waals surface area contributed by atoms with Crippen LogP contribution in [0.15, 0.2) is 23.6 Å². The SMILES string of the molecule is Cc1ccc(NC(=O)Nc2nc(CN(C)C)cs2)cc1Cl. The zero-order valence-electron chi connectivity index (χ0n) is 12.1. The van der Waals surface area contributed by atoms with Crippen LogP contribution in [0.3, 0.4) is 0 Å². The number of aryl methyl sites for hydroxylation is 1. The molecule has 0 atom stereocenters. The number of carbonyl (C=O) groups excluding carboxylic acids is 1. The monoisotopic (exact) mass is 324 g/mol. The summed E-state index contributed by atoms with van der Waals surface area (Å²) in [4.78, 5) is 18.3. The van der Waals surface area contributed by atoms with Gasteiger partial charge in [0, 0.05) is 22.6 Å². The van der Waals surface area contributed by atoms with Crippen LogP contribution in [0, 0.1) is 6.92 Å². The Labute approximate surface area is 132 Å². The Balaban J connectivity index is 1.95. The van der Waals surface area contributed by atoms with Crippen LogP contribution in [0.2, 0.25) is 5.02 Å². The molecule has 0 radical (unpaired) electrons. The first-order chi connectivity index (χ1) is 9.94. The van der Waals surface area contributed by atoms with Crippen molar-refractivity contribution < 1.29 is 4.79 Å². The van der Waals surface area contributed by atoms with Gasteiger partial charge < -0.3 is 10.2 Å². The van der Waals surface area contributed by atoms with E-state index >= 15 is 0 Å². The topological polar surface area (TPSA) is 57.3 Å². The van der Waals surface area contributed by atoms with E-state index in [1.807, 2.05) is 37.4 Å². The fourth-order valence-corrected chi connectivity index (χ4v) is 2.57. The lowest BCUT2D eigenvalue weighted by Gasteiger charge is -2.07. The number of hydrogen-bond donors (Lipinski definition) is 2. The van der Waals surface area contributed by atoms with E-state index in [1.165, 1.54) is 11.3 Å². The number of nitrogens with one attached hydrogen (secondary N) is 2. The molecule has 2 amide bonds. The minimum atomic E-state index is -0.333. The molecule has 0 bridgehead atoms. The molecule has 0 aliphatic heterocycles. The van der Waals surface area contributed by atoms with E-state index in [1.54, 1.807) is 12.1 Å². The fourth-order valence-electron chi connectivity index (χ4n) is 1.69. The maximum absolute atomic E-state index is 11.9. The standard InChI is InChI=1S/C14H17ClN4OS/c1-9-4-5-10(6-12(9)15)16-13(20)18-14-17-11(8-21-14)7-19(2)3/h4-6,8H,7H2,1-3H3,(H2,16,17,18,20). The Morgan fingerprint density at radius 3 is 2.81 bits per heavy atom. The normalized spacial score (nSPS) is 10.7. The molecule has 7 heteroatoms. The number of hydrogen-bond acceptors (Lipinski definition) is 4. The van der Waals surface area contributed by atoms with Gasteiger partial charge in [-0.25, -0.2) is 9.78 Å². The number of rotatable bonds is 4. The molecule has 2 rings (SSSR count). The summed E-state index contributed by atoms with van der Waals surface area (Å²) < 4.78 is 0. The fraction of sp³-hybridized carbons (Fsp3) is 0.286. The van der Waals surface area contributed by atoms with Crippen LogP contribution in [0.1, 0.15) is 11.3 Å². The molecule has 0 saturated carbocycles. The molecular formula is C14H17ClN4OS. The van der Waals surface area contributed by atoms with Crippen molar-refractivity contribution >= 4 is 39.8 Å². The average Bonchev–Trinajstić information content (AvgIpc) is 2.80. The lowest BCUT2D eigenvalue weighted by molar-refractivity contribution is 0.262. The molecule has 21 heavy (non-hydrogen) atoms. The Morgan fingerprint density at radius 1 is 1.38 bits per heavy atom. The smallest absolute Gasteiger partial charge is 0.308 e. The highest BCUT2D eigenvalue weighted by Gasteiger charge is 2.08. The molecule has 0 unspecified atom stereocenters. The van der Waals surface area contributed by atoms with Crippen molar-refractivity contribution in [1.29, 1.82) is 0 Å². The molecule has 5 nitrogen and oxygen atoms in total. The molecule has 0 spiro atoms. The number of halogens is 1. The summed E-state index contributed by atoms with van der Waals surface area (Å²) in [7, 11) is 3.95. The molecule has 0 aliphatic rings. The molecule has 112 valence electrons. The summed E-state index contributed by atoms with van der Waals surface area (Å²) in [6, 6.07) is 5.05. The second-order valence-electron chi connectivity index (χ2n) is 4.92. The first kappa shape index (κ1) is 15.8. The third-order valence-electron chi connectivity index (χ3n) is 2.68. The van der Waals surface area contributed by atoms with Crippen LogP contribution in [-0.2, 0) is 6.54 Å². The van der Waals surface area contributed by atoms with Crippen molar-refractivity contribution in [1.82, 2.24) is 9.88 Å². The van der Waals surface area contributed by atoms with Gasteiger partial charge in [-0.2, -0.15) is 0 Å². The van der Waals surface area contributed by atoms with Gasteiger partial charge >= 0.3 is 6.03 Å². The quantitative estimate of drug-likeness (QED) is 0.899. The van der Waals surface area contributed by atoms with Gasteiger partial charge in [-0.15, -0.1) is 11.3 Å². The predicted molar refractivity (Wildman–Crippen MR) is 88.3 cm³/mol. The van der Waals surface area contributed by atoms with Crippen molar-refractivity contribution in [2.75, 3.05) is 24.7 Å². The zero-order valence-corrected chi connectivity index (χ0v) is 13.7. The summed E-state index contributed by atoms with van der Waals surface area (Å²) in [6.45, 7) is 2.65. The number of carbonyl (C=O) groups is 1. The van der Waals surface area contributed by atoms with Crippen molar-refractivity contribution in [2.45, 2.75) is 13.5 Å². The first-order valence-corrected chi connectivity index (χ1v) is 7.63. The van der Waals surface area contributed by atoms with Gasteiger partial charge in [-0.3, -0.25) is 5.32 Å². The largest absolute Gasteiger partial charge is 0.325 e. The summed E-state index contributed by atoms with van der Waals surface area (Å²) in [5.74, 6) is 0. The van der Waals surface area contributed by atoms with E-state index in [0.29, 0.717) is 15.8 Å². The Kier molecular flexibility index (Phi) is 5.17. The van der Waals surface area contributed by atoms with Gasteiger partial charge in [0.05, 0.1) is 5.69 Å². The van der Waals surface area contributed by atoms with E-state index in [0.717, 1.165) is 17.8 Å². The third kappa shape index (κ3) is 4.70. The van der Waals surface area contributed by atoms with E-state index in [4.69, 9.17) is 11.6 Å². The molecule has 0 saturated heterocycles. The van der Waals surface area contributed by atoms with Gasteiger partial charge in [0.2, 0.25) is 0 Å². The van der Waals surface area contributed by atoms with Gasteiger partial charge in [-0.1, -0.05) is 17.7 Å². The number of amides is 2. The number of nitrogens with zero attached hydrogens (tertiary/aromatic N) is 2. The minimum absolute atomic E-state index is 0.333. The molecule has 2 aromatic rings. The molecule has 2 N–H and O–H groups in total. The van der Waals surface area contributed by atoms with Gasteiger partial charge in [0.15, 0.2) is 5.13 Å². The van der Waals surface area contributed by atoms with Crippen LogP contribution in [0.4, 0.5) is 15.6 Å². The Hall–Kier alpha value is -1.63. The lowest BCUT2D eigenvalue weighted by Crippen LogP contribution is -2.19. The second kappa shape index (κ2) is 6.89. The number of benzene rings is 1. The highest BCUT2D eigenvalue weighted by Crippen LogP contribution is 2.21. The third-order valence-corrected chi connectivity index (χ3v) is 3.89. The maximum Gasteiger partial charge on any atom is 0.325 e. The number of anilines is 2. The molecule has 0 fully saturated rings. The highest BCUT2D eigenvalue weighted by molar-refractivity contribution is 7.13. The average molecular weight is 325 g/mol. The summed E-state index contributed by atoms with van der Waals surface area (Å²) in [5, 5.41) is 8.57. The Bertz CT molecular complexity index is 642. The zero-order chi connectivity index (χ0) is 15.4. The van der Waals surface area contributed by atoms with Crippen molar-refractivity contribution in [3.63, 3.8) is 0 Å². The maximum atomic E-state index is 11.9.